The summed E-state index contributed by atoms with van der Waals surface area (Å²) in [4.78, 5) is 30.9. The fraction of sp³-hybridized carbons (Fsp3) is 0.0833. The van der Waals surface area contributed by atoms with Crippen molar-refractivity contribution >= 4 is 22.6 Å². The van der Waals surface area contributed by atoms with Crippen molar-refractivity contribution in [3.8, 4) is 0 Å². The van der Waals surface area contributed by atoms with Gasteiger partial charge in [0.15, 0.2) is 6.61 Å². The summed E-state index contributed by atoms with van der Waals surface area (Å²) in [5.41, 5.74) is 7.23. The number of carbonyl (C=O) groups excluding carboxylic acids is 2. The summed E-state index contributed by atoms with van der Waals surface area (Å²) in [5.74, 6) is -1.19. The summed E-state index contributed by atoms with van der Waals surface area (Å²) in [7, 11) is 0. The summed E-state index contributed by atoms with van der Waals surface area (Å²) < 4.78 is 0. The number of pyridine rings is 1. The molecule has 3 N–H and O–H groups in total. The number of fused-ring (bicyclic) bond motifs is 1. The molecule has 1 heterocycles. The van der Waals surface area contributed by atoms with Crippen LogP contribution in [0.2, 0.25) is 0 Å². The second-order valence-corrected chi connectivity index (χ2v) is 3.57. The van der Waals surface area contributed by atoms with E-state index in [2.05, 4.69) is 15.3 Å². The van der Waals surface area contributed by atoms with E-state index < -0.39 is 11.8 Å². The Morgan fingerprint density at radius 3 is 2.83 bits per heavy atom. The molecule has 0 saturated heterocycles. The van der Waals surface area contributed by atoms with Crippen LogP contribution < -0.4 is 11.2 Å². The van der Waals surface area contributed by atoms with Crippen molar-refractivity contribution in [3.63, 3.8) is 0 Å². The van der Waals surface area contributed by atoms with Gasteiger partial charge in [-0.25, -0.2) is 5.48 Å². The van der Waals surface area contributed by atoms with Crippen LogP contribution in [0.4, 0.5) is 0 Å². The van der Waals surface area contributed by atoms with Crippen LogP contribution in [-0.4, -0.2) is 23.4 Å². The molecule has 0 fully saturated rings. The summed E-state index contributed by atoms with van der Waals surface area (Å²) in [5, 5.41) is 1.60. The molecule has 2 rings (SSSR count). The molecule has 0 aliphatic carbocycles. The van der Waals surface area contributed by atoms with Crippen molar-refractivity contribution in [3.05, 3.63) is 42.2 Å². The number of nitrogens with zero attached hydrogens (tertiary/aromatic N) is 1. The van der Waals surface area contributed by atoms with Crippen molar-refractivity contribution in [2.45, 2.75) is 0 Å². The molecule has 92 valence electrons. The van der Waals surface area contributed by atoms with Crippen LogP contribution in [0.25, 0.3) is 10.8 Å². The second kappa shape index (κ2) is 5.24. The van der Waals surface area contributed by atoms with Gasteiger partial charge < -0.3 is 5.73 Å². The molecule has 1 aromatic carbocycles. The molecule has 0 bridgehead atoms. The first kappa shape index (κ1) is 12.0. The third-order valence-electron chi connectivity index (χ3n) is 2.27. The van der Waals surface area contributed by atoms with E-state index in [4.69, 9.17) is 5.73 Å². The number of benzene rings is 1. The Balaban J connectivity index is 2.20. The van der Waals surface area contributed by atoms with Crippen molar-refractivity contribution < 1.29 is 14.4 Å². The van der Waals surface area contributed by atoms with Gasteiger partial charge in [-0.2, -0.15) is 0 Å². The minimum absolute atomic E-state index is 0.234. The van der Waals surface area contributed by atoms with Crippen molar-refractivity contribution in [2.24, 2.45) is 5.73 Å². The van der Waals surface area contributed by atoms with Crippen LogP contribution in [0.15, 0.2) is 36.5 Å². The van der Waals surface area contributed by atoms with Gasteiger partial charge in [-0.3, -0.25) is 19.4 Å². The normalized spacial score (nSPS) is 10.2. The Morgan fingerprint density at radius 1 is 1.28 bits per heavy atom. The molecule has 0 aliphatic heterocycles. The minimum atomic E-state index is -0.666. The van der Waals surface area contributed by atoms with Crippen molar-refractivity contribution in [1.82, 2.24) is 10.5 Å². The molecule has 0 spiro atoms. The molecule has 6 heteroatoms. The Bertz CT molecular complexity index is 593. The van der Waals surface area contributed by atoms with E-state index in [9.17, 15) is 9.59 Å². The quantitative estimate of drug-likeness (QED) is 0.761. The first-order valence-corrected chi connectivity index (χ1v) is 5.22. The van der Waals surface area contributed by atoms with Gasteiger partial charge in [-0.05, 0) is 11.5 Å². The average molecular weight is 245 g/mol. The predicted molar refractivity (Wildman–Crippen MR) is 64.4 cm³/mol. The molecular weight excluding hydrogens is 234 g/mol. The third kappa shape index (κ3) is 2.61. The molecule has 0 radical (unpaired) electrons. The number of nitrogens with two attached hydrogens (primary N) is 1. The van der Waals surface area contributed by atoms with Gasteiger partial charge in [0.2, 0.25) is 5.91 Å². The van der Waals surface area contributed by atoms with Gasteiger partial charge in [0.05, 0.1) is 0 Å². The van der Waals surface area contributed by atoms with Gasteiger partial charge in [-0.1, -0.05) is 24.3 Å². The second-order valence-electron chi connectivity index (χ2n) is 3.57. The van der Waals surface area contributed by atoms with Crippen molar-refractivity contribution in [2.75, 3.05) is 6.61 Å². The first-order chi connectivity index (χ1) is 8.68. The number of carbonyl (C=O) groups is 2. The monoisotopic (exact) mass is 245 g/mol. The SMILES string of the molecule is NC(=O)CONC(=O)c1nccc2ccccc12. The van der Waals surface area contributed by atoms with Gasteiger partial charge in [0.25, 0.3) is 5.91 Å². The maximum atomic E-state index is 11.8. The Morgan fingerprint density at radius 2 is 2.06 bits per heavy atom. The molecule has 0 atom stereocenters. The molecule has 2 amide bonds. The van der Waals surface area contributed by atoms with Crippen LogP contribution in [-0.2, 0) is 9.63 Å². The largest absolute Gasteiger partial charge is 0.368 e. The number of hydroxylamine groups is 1. The molecule has 6 nitrogen and oxygen atoms in total. The van der Waals surface area contributed by atoms with Gasteiger partial charge in [-0.15, -0.1) is 0 Å². The number of hydrogen-bond donors (Lipinski definition) is 2. The van der Waals surface area contributed by atoms with Crippen LogP contribution in [0.5, 0.6) is 0 Å². The van der Waals surface area contributed by atoms with E-state index in [1.807, 2.05) is 18.2 Å². The first-order valence-electron chi connectivity index (χ1n) is 5.22. The zero-order valence-electron chi connectivity index (χ0n) is 9.42. The molecule has 1 aromatic heterocycles. The number of aromatic nitrogens is 1. The molecule has 2 aromatic rings. The summed E-state index contributed by atoms with van der Waals surface area (Å²) >= 11 is 0. The number of nitrogens with one attached hydrogen (secondary N) is 1. The summed E-state index contributed by atoms with van der Waals surface area (Å²) in [6.07, 6.45) is 1.53. The predicted octanol–water partition coefficient (Wildman–Crippen LogP) is 0.382. The Labute approximate surface area is 103 Å². The van der Waals surface area contributed by atoms with Gasteiger partial charge in [0, 0.05) is 11.6 Å². The van der Waals surface area contributed by atoms with Crippen LogP contribution in [0.1, 0.15) is 10.5 Å². The fourth-order valence-electron chi connectivity index (χ4n) is 1.52. The number of primary amides is 1. The summed E-state index contributed by atoms with van der Waals surface area (Å²) in [6, 6.07) is 9.14. The average Bonchev–Trinajstić information content (AvgIpc) is 2.37. The topological polar surface area (TPSA) is 94.3 Å². The highest BCUT2D eigenvalue weighted by Gasteiger charge is 2.11. The lowest BCUT2D eigenvalue weighted by Gasteiger charge is -2.06. The lowest BCUT2D eigenvalue weighted by atomic mass is 10.1. The van der Waals surface area contributed by atoms with E-state index >= 15 is 0 Å². The van der Waals surface area contributed by atoms with E-state index in [0.29, 0.717) is 5.39 Å². The van der Waals surface area contributed by atoms with E-state index in [1.54, 1.807) is 12.1 Å². The standard InChI is InChI=1S/C12H11N3O3/c13-10(16)7-18-15-12(17)11-9-4-2-1-3-8(9)5-6-14-11/h1-6H,7H2,(H2,13,16)(H,15,17). The zero-order valence-corrected chi connectivity index (χ0v) is 9.42. The number of hydrogen-bond acceptors (Lipinski definition) is 4. The van der Waals surface area contributed by atoms with E-state index in [1.165, 1.54) is 6.20 Å². The summed E-state index contributed by atoms with van der Waals surface area (Å²) in [6.45, 7) is -0.378. The highest BCUT2D eigenvalue weighted by Crippen LogP contribution is 2.15. The van der Waals surface area contributed by atoms with E-state index in [-0.39, 0.29) is 12.3 Å². The van der Waals surface area contributed by atoms with Crippen molar-refractivity contribution in [1.29, 1.82) is 0 Å². The van der Waals surface area contributed by atoms with Crippen LogP contribution in [0.3, 0.4) is 0 Å². The highest BCUT2D eigenvalue weighted by molar-refractivity contribution is 6.04. The lowest BCUT2D eigenvalue weighted by molar-refractivity contribution is -0.124. The molecule has 0 aliphatic rings. The maximum Gasteiger partial charge on any atom is 0.294 e. The van der Waals surface area contributed by atoms with Gasteiger partial charge >= 0.3 is 0 Å². The lowest BCUT2D eigenvalue weighted by Crippen LogP contribution is -2.30. The Kier molecular flexibility index (Phi) is 3.49. The molecule has 18 heavy (non-hydrogen) atoms. The molecular formula is C12H11N3O3. The van der Waals surface area contributed by atoms with E-state index in [0.717, 1.165) is 5.39 Å². The minimum Gasteiger partial charge on any atom is -0.368 e. The maximum absolute atomic E-state index is 11.8. The van der Waals surface area contributed by atoms with Crippen LogP contribution >= 0.6 is 0 Å². The van der Waals surface area contributed by atoms with Gasteiger partial charge in [0.1, 0.15) is 5.69 Å². The Hall–Kier alpha value is -2.47. The third-order valence-corrected chi connectivity index (χ3v) is 2.27. The number of amides is 2. The highest BCUT2D eigenvalue weighted by atomic mass is 16.7. The fourth-order valence-corrected chi connectivity index (χ4v) is 1.52. The van der Waals surface area contributed by atoms with Crippen LogP contribution in [0, 0.1) is 0 Å². The number of rotatable bonds is 4. The molecule has 0 saturated carbocycles. The zero-order chi connectivity index (χ0) is 13.0. The molecule has 0 unspecified atom stereocenters. The smallest absolute Gasteiger partial charge is 0.294 e.